The standard InChI is InChI=1S/C16H23FN2/c1-9-7-10(2)14(13(17)8-9)16(19-18)15-11-5-3-4-6-12(11)15/h7-8,11-12,15-16,19H,3-6,18H2,1-2H3. The zero-order chi connectivity index (χ0) is 13.6. The number of halogens is 1. The van der Waals surface area contributed by atoms with Crippen molar-refractivity contribution in [3.05, 3.63) is 34.6 Å². The van der Waals surface area contributed by atoms with Gasteiger partial charge in [0.15, 0.2) is 0 Å². The van der Waals surface area contributed by atoms with Crippen LogP contribution in [-0.2, 0) is 0 Å². The maximum absolute atomic E-state index is 14.3. The van der Waals surface area contributed by atoms with Crippen LogP contribution in [0.2, 0.25) is 0 Å². The Morgan fingerprint density at radius 2 is 1.84 bits per heavy atom. The molecule has 104 valence electrons. The lowest BCUT2D eigenvalue weighted by Gasteiger charge is -2.20. The average Bonchev–Trinajstić information content (AvgIpc) is 3.07. The molecule has 0 bridgehead atoms. The van der Waals surface area contributed by atoms with E-state index in [1.54, 1.807) is 6.07 Å². The summed E-state index contributed by atoms with van der Waals surface area (Å²) in [6.07, 6.45) is 5.23. The van der Waals surface area contributed by atoms with Crippen LogP contribution in [0.25, 0.3) is 0 Å². The fraction of sp³-hybridized carbons (Fsp3) is 0.625. The second-order valence-corrected chi connectivity index (χ2v) is 6.31. The maximum atomic E-state index is 14.3. The zero-order valence-corrected chi connectivity index (χ0v) is 11.7. The molecule has 0 heterocycles. The van der Waals surface area contributed by atoms with E-state index in [4.69, 9.17) is 5.84 Å². The zero-order valence-electron chi connectivity index (χ0n) is 11.7. The number of rotatable bonds is 3. The first-order valence-corrected chi connectivity index (χ1v) is 7.36. The Kier molecular flexibility index (Phi) is 3.35. The van der Waals surface area contributed by atoms with Crippen molar-refractivity contribution in [2.45, 2.75) is 45.6 Å². The quantitative estimate of drug-likeness (QED) is 0.647. The molecule has 3 rings (SSSR count). The molecule has 0 aliphatic heterocycles. The van der Waals surface area contributed by atoms with E-state index < -0.39 is 0 Å². The first-order chi connectivity index (χ1) is 9.13. The summed E-state index contributed by atoms with van der Waals surface area (Å²) in [5.41, 5.74) is 5.67. The molecule has 2 aliphatic carbocycles. The van der Waals surface area contributed by atoms with Crippen LogP contribution in [0.1, 0.15) is 48.4 Å². The van der Waals surface area contributed by atoms with E-state index in [1.807, 2.05) is 13.8 Å². The Bertz CT molecular complexity index is 451. The van der Waals surface area contributed by atoms with Crippen molar-refractivity contribution >= 4 is 0 Å². The van der Waals surface area contributed by atoms with Gasteiger partial charge in [-0.2, -0.15) is 0 Å². The molecule has 3 unspecified atom stereocenters. The minimum Gasteiger partial charge on any atom is -0.271 e. The summed E-state index contributed by atoms with van der Waals surface area (Å²) in [6, 6.07) is 3.65. The van der Waals surface area contributed by atoms with E-state index in [1.165, 1.54) is 25.7 Å². The Morgan fingerprint density at radius 3 is 2.37 bits per heavy atom. The van der Waals surface area contributed by atoms with Gasteiger partial charge in [0.2, 0.25) is 0 Å². The van der Waals surface area contributed by atoms with Crippen molar-refractivity contribution in [3.63, 3.8) is 0 Å². The van der Waals surface area contributed by atoms with E-state index in [0.717, 1.165) is 28.5 Å². The van der Waals surface area contributed by atoms with E-state index in [2.05, 4.69) is 11.5 Å². The number of fused-ring (bicyclic) bond motifs is 1. The van der Waals surface area contributed by atoms with Crippen LogP contribution in [-0.4, -0.2) is 0 Å². The molecule has 3 N–H and O–H groups in total. The van der Waals surface area contributed by atoms with Crippen LogP contribution in [0.4, 0.5) is 4.39 Å². The molecule has 0 saturated heterocycles. The second-order valence-electron chi connectivity index (χ2n) is 6.31. The lowest BCUT2D eigenvalue weighted by molar-refractivity contribution is 0.434. The molecular formula is C16H23FN2. The Balaban J connectivity index is 1.91. The van der Waals surface area contributed by atoms with Crippen LogP contribution in [0.15, 0.2) is 12.1 Å². The summed E-state index contributed by atoms with van der Waals surface area (Å²) in [6.45, 7) is 3.92. The Labute approximate surface area is 114 Å². The highest BCUT2D eigenvalue weighted by Gasteiger charge is 2.54. The van der Waals surface area contributed by atoms with Gasteiger partial charge in [-0.25, -0.2) is 4.39 Å². The van der Waals surface area contributed by atoms with Gasteiger partial charge in [0.25, 0.3) is 0 Å². The highest BCUT2D eigenvalue weighted by Crippen LogP contribution is 2.60. The highest BCUT2D eigenvalue weighted by atomic mass is 19.1. The normalized spacial score (nSPS) is 30.8. The molecule has 0 spiro atoms. The van der Waals surface area contributed by atoms with Gasteiger partial charge in [-0.1, -0.05) is 18.9 Å². The molecule has 0 radical (unpaired) electrons. The maximum Gasteiger partial charge on any atom is 0.128 e. The largest absolute Gasteiger partial charge is 0.271 e. The topological polar surface area (TPSA) is 38.0 Å². The molecule has 19 heavy (non-hydrogen) atoms. The first-order valence-electron chi connectivity index (χ1n) is 7.36. The highest BCUT2D eigenvalue weighted by molar-refractivity contribution is 5.36. The summed E-state index contributed by atoms with van der Waals surface area (Å²) in [7, 11) is 0. The van der Waals surface area contributed by atoms with E-state index in [-0.39, 0.29) is 11.9 Å². The van der Waals surface area contributed by atoms with Crippen molar-refractivity contribution in [2.24, 2.45) is 23.6 Å². The van der Waals surface area contributed by atoms with Crippen molar-refractivity contribution in [1.82, 2.24) is 5.43 Å². The van der Waals surface area contributed by atoms with E-state index in [0.29, 0.717) is 5.92 Å². The fourth-order valence-electron chi connectivity index (χ4n) is 4.25. The monoisotopic (exact) mass is 262 g/mol. The van der Waals surface area contributed by atoms with Gasteiger partial charge in [-0.3, -0.25) is 11.3 Å². The number of aryl methyl sites for hydroxylation is 2. The van der Waals surface area contributed by atoms with Crippen LogP contribution >= 0.6 is 0 Å². The third-order valence-corrected chi connectivity index (χ3v) is 5.08. The van der Waals surface area contributed by atoms with Gasteiger partial charge >= 0.3 is 0 Å². The molecule has 2 nitrogen and oxygen atoms in total. The second kappa shape index (κ2) is 4.88. The Hall–Kier alpha value is -0.930. The molecule has 0 aromatic heterocycles. The van der Waals surface area contributed by atoms with E-state index in [9.17, 15) is 4.39 Å². The number of hydrogen-bond donors (Lipinski definition) is 2. The molecule has 0 amide bonds. The summed E-state index contributed by atoms with van der Waals surface area (Å²) < 4.78 is 14.3. The molecule has 1 aromatic rings. The third kappa shape index (κ3) is 2.19. The third-order valence-electron chi connectivity index (χ3n) is 5.08. The lowest BCUT2D eigenvalue weighted by atomic mass is 9.94. The van der Waals surface area contributed by atoms with Crippen molar-refractivity contribution < 1.29 is 4.39 Å². The molecule has 3 atom stereocenters. The van der Waals surface area contributed by atoms with Crippen molar-refractivity contribution in [3.8, 4) is 0 Å². The van der Waals surface area contributed by atoms with Crippen molar-refractivity contribution in [1.29, 1.82) is 0 Å². The first kappa shape index (κ1) is 13.1. The smallest absolute Gasteiger partial charge is 0.128 e. The van der Waals surface area contributed by atoms with Gasteiger partial charge in [0, 0.05) is 5.56 Å². The number of hydrazine groups is 1. The molecule has 3 heteroatoms. The van der Waals surface area contributed by atoms with Gasteiger partial charge < -0.3 is 0 Å². The SMILES string of the molecule is Cc1cc(C)c(C(NN)C2C3CCCCC32)c(F)c1. The number of hydrogen-bond acceptors (Lipinski definition) is 2. The molecule has 2 fully saturated rings. The van der Waals surface area contributed by atoms with E-state index >= 15 is 0 Å². The number of nitrogens with two attached hydrogens (primary N) is 1. The van der Waals surface area contributed by atoms with Crippen LogP contribution in [0.3, 0.4) is 0 Å². The van der Waals surface area contributed by atoms with Crippen LogP contribution < -0.4 is 11.3 Å². The fourth-order valence-corrected chi connectivity index (χ4v) is 4.25. The summed E-state index contributed by atoms with van der Waals surface area (Å²) in [5, 5.41) is 0. The summed E-state index contributed by atoms with van der Waals surface area (Å²) >= 11 is 0. The van der Waals surface area contributed by atoms with Gasteiger partial charge in [-0.15, -0.1) is 0 Å². The molecular weight excluding hydrogens is 239 g/mol. The predicted octanol–water partition coefficient (Wildman–Crippen LogP) is 3.38. The van der Waals surface area contributed by atoms with Crippen LogP contribution in [0, 0.1) is 37.4 Å². The molecule has 2 saturated carbocycles. The minimum atomic E-state index is -0.107. The number of nitrogens with one attached hydrogen (secondary N) is 1. The van der Waals surface area contributed by atoms with Crippen molar-refractivity contribution in [2.75, 3.05) is 0 Å². The number of benzene rings is 1. The van der Waals surface area contributed by atoms with Gasteiger partial charge in [0.05, 0.1) is 6.04 Å². The Morgan fingerprint density at radius 1 is 1.21 bits per heavy atom. The average molecular weight is 262 g/mol. The summed E-state index contributed by atoms with van der Waals surface area (Å²) in [4.78, 5) is 0. The predicted molar refractivity (Wildman–Crippen MR) is 74.9 cm³/mol. The van der Waals surface area contributed by atoms with Crippen LogP contribution in [0.5, 0.6) is 0 Å². The molecule has 2 aliphatic rings. The summed E-state index contributed by atoms with van der Waals surface area (Å²) in [5.74, 6) is 7.70. The lowest BCUT2D eigenvalue weighted by Crippen LogP contribution is -2.31. The van der Waals surface area contributed by atoms with Gasteiger partial charge in [0.1, 0.15) is 5.82 Å². The molecule has 1 aromatic carbocycles. The van der Waals surface area contributed by atoms with Gasteiger partial charge in [-0.05, 0) is 61.6 Å². The minimum absolute atomic E-state index is 0.0197.